The summed E-state index contributed by atoms with van der Waals surface area (Å²) >= 11 is 3.14. The van der Waals surface area contributed by atoms with E-state index in [-0.39, 0.29) is 29.8 Å². The van der Waals surface area contributed by atoms with Crippen LogP contribution in [0.4, 0.5) is 23.4 Å². The van der Waals surface area contributed by atoms with Gasteiger partial charge >= 0.3 is 5.97 Å². The van der Waals surface area contributed by atoms with Crippen LogP contribution >= 0.6 is 15.9 Å². The Morgan fingerprint density at radius 2 is 1.18 bits per heavy atom. The van der Waals surface area contributed by atoms with Crippen LogP contribution in [0.3, 0.4) is 0 Å². The van der Waals surface area contributed by atoms with Crippen LogP contribution in [-0.4, -0.2) is 50.8 Å². The molecule has 242 valence electrons. The molecule has 0 spiro atoms. The molecule has 3 aromatic rings. The topological polar surface area (TPSA) is 150 Å². The lowest BCUT2D eigenvalue weighted by molar-refractivity contribution is -0.142. The minimum atomic E-state index is -1.12. The monoisotopic (exact) mass is 697 g/mol. The number of rotatable bonds is 13. The molecule has 45 heavy (non-hydrogen) atoms. The van der Waals surface area contributed by atoms with Gasteiger partial charge in [-0.3, -0.25) is 14.4 Å². The molecule has 0 saturated carbocycles. The van der Waals surface area contributed by atoms with Gasteiger partial charge in [0.25, 0.3) is 0 Å². The number of anilines is 1. The zero-order valence-electron chi connectivity index (χ0n) is 24.4. The maximum atomic E-state index is 13.2. The zero-order valence-corrected chi connectivity index (χ0v) is 26.0. The summed E-state index contributed by atoms with van der Waals surface area (Å²) in [7, 11) is 0. The summed E-state index contributed by atoms with van der Waals surface area (Å²) in [6.45, 7) is 3.66. The number of benzene rings is 2. The van der Waals surface area contributed by atoms with Crippen molar-refractivity contribution in [2.45, 2.75) is 64.5 Å². The average Bonchev–Trinajstić information content (AvgIpc) is 2.93. The summed E-state index contributed by atoms with van der Waals surface area (Å²) in [5, 5.41) is 16.4. The van der Waals surface area contributed by atoms with E-state index in [9.17, 15) is 36.7 Å². The van der Waals surface area contributed by atoms with E-state index in [0.29, 0.717) is 36.4 Å². The third kappa shape index (κ3) is 13.8. The molecule has 2 aromatic carbocycles. The van der Waals surface area contributed by atoms with Crippen molar-refractivity contribution in [1.82, 2.24) is 20.6 Å². The van der Waals surface area contributed by atoms with Crippen molar-refractivity contribution in [1.29, 1.82) is 0 Å². The van der Waals surface area contributed by atoms with Crippen molar-refractivity contribution < 1.29 is 41.8 Å². The number of amides is 3. The first-order valence-corrected chi connectivity index (χ1v) is 14.6. The van der Waals surface area contributed by atoms with Gasteiger partial charge in [0.15, 0.2) is 5.82 Å². The van der Waals surface area contributed by atoms with E-state index < -0.39 is 59.0 Å². The van der Waals surface area contributed by atoms with E-state index in [1.165, 1.54) is 12.4 Å². The number of nitrogens with zero attached hydrogens (tertiary/aromatic N) is 2. The van der Waals surface area contributed by atoms with E-state index in [4.69, 9.17) is 5.11 Å². The molecule has 4 N–H and O–H groups in total. The number of hydrogen-bond acceptors (Lipinski definition) is 6. The molecular formula is C30H32BrF4N5O5. The Hall–Kier alpha value is -4.40. The van der Waals surface area contributed by atoms with Gasteiger partial charge in [-0.15, -0.1) is 0 Å². The van der Waals surface area contributed by atoms with E-state index >= 15 is 0 Å². The number of nitrogens with one attached hydrogen (secondary N) is 3. The van der Waals surface area contributed by atoms with Crippen molar-refractivity contribution in [3.05, 3.63) is 87.8 Å². The molecule has 0 bridgehead atoms. The van der Waals surface area contributed by atoms with E-state index in [2.05, 4.69) is 41.8 Å². The summed E-state index contributed by atoms with van der Waals surface area (Å²) in [6.07, 6.45) is 4.27. The second-order valence-electron chi connectivity index (χ2n) is 9.78. The van der Waals surface area contributed by atoms with Gasteiger partial charge in [0.1, 0.15) is 40.0 Å². The van der Waals surface area contributed by atoms with Gasteiger partial charge in [-0.1, -0.05) is 26.7 Å². The summed E-state index contributed by atoms with van der Waals surface area (Å²) in [4.78, 5) is 54.9. The Morgan fingerprint density at radius 3 is 1.58 bits per heavy atom. The van der Waals surface area contributed by atoms with Gasteiger partial charge in [0.2, 0.25) is 17.7 Å². The smallest absolute Gasteiger partial charge is 0.326 e. The second-order valence-corrected chi connectivity index (χ2v) is 10.6. The second kappa shape index (κ2) is 18.4. The molecule has 0 fully saturated rings. The number of carboxylic acids is 1. The number of halogens is 5. The van der Waals surface area contributed by atoms with Crippen LogP contribution in [0.5, 0.6) is 0 Å². The first-order chi connectivity index (χ1) is 21.3. The van der Waals surface area contributed by atoms with Crippen LogP contribution in [0.25, 0.3) is 0 Å². The number of carbonyl (C=O) groups is 4. The molecule has 3 rings (SSSR count). The number of aliphatic carboxylic acids is 1. The minimum absolute atomic E-state index is 0.163. The average molecular weight is 699 g/mol. The van der Waals surface area contributed by atoms with Crippen LogP contribution in [0.15, 0.2) is 53.4 Å². The van der Waals surface area contributed by atoms with Crippen molar-refractivity contribution in [2.75, 3.05) is 5.32 Å². The molecule has 0 saturated heterocycles. The lowest BCUT2D eigenvalue weighted by atomic mass is 10.1. The van der Waals surface area contributed by atoms with Crippen LogP contribution < -0.4 is 16.0 Å². The van der Waals surface area contributed by atoms with E-state index in [0.717, 1.165) is 30.3 Å². The van der Waals surface area contributed by atoms with Crippen LogP contribution in [0.1, 0.15) is 50.7 Å². The predicted molar refractivity (Wildman–Crippen MR) is 160 cm³/mol. The standard InChI is InChI=1S/C17H17BrF2N4O2.C13H15F2NO3/c1-2-3-13(17(26)24-15-9-21-14(18)8-22-15)23-16(25)6-10-4-11(19)7-12(20)5-10;1-2-3-11(13(18)19)16-12(17)6-8-4-9(14)7-10(15)5-8/h4-5,7-9,13H,2-3,6H2,1H3,(H,23,25)(H,22,24,26);4-5,7,11H,2-3,6H2,1H3,(H,16,17)(H,18,19). The fraction of sp³-hybridized carbons (Fsp3) is 0.333. The summed E-state index contributed by atoms with van der Waals surface area (Å²) in [5.74, 6) is -5.47. The number of carbonyl (C=O) groups excluding carboxylic acids is 3. The van der Waals surface area contributed by atoms with Gasteiger partial charge in [-0.2, -0.15) is 0 Å². The fourth-order valence-electron chi connectivity index (χ4n) is 3.98. The van der Waals surface area contributed by atoms with E-state index in [1.54, 1.807) is 6.92 Å². The van der Waals surface area contributed by atoms with Crippen LogP contribution in [0, 0.1) is 23.3 Å². The van der Waals surface area contributed by atoms with Crippen molar-refractivity contribution in [2.24, 2.45) is 0 Å². The van der Waals surface area contributed by atoms with Gasteiger partial charge in [-0.25, -0.2) is 32.3 Å². The third-order valence-electron chi connectivity index (χ3n) is 5.89. The first-order valence-electron chi connectivity index (χ1n) is 13.8. The van der Waals surface area contributed by atoms with E-state index in [1.807, 2.05) is 6.92 Å². The fourth-order valence-corrected chi connectivity index (χ4v) is 4.19. The van der Waals surface area contributed by atoms with Crippen molar-refractivity contribution in [3.8, 4) is 0 Å². The predicted octanol–water partition coefficient (Wildman–Crippen LogP) is 4.86. The molecule has 1 aromatic heterocycles. The summed E-state index contributed by atoms with van der Waals surface area (Å²) < 4.78 is 52.8. The van der Waals surface area contributed by atoms with Gasteiger partial charge < -0.3 is 21.1 Å². The van der Waals surface area contributed by atoms with Crippen molar-refractivity contribution in [3.63, 3.8) is 0 Å². The zero-order chi connectivity index (χ0) is 33.5. The molecule has 2 atom stereocenters. The largest absolute Gasteiger partial charge is 0.480 e. The maximum Gasteiger partial charge on any atom is 0.326 e. The normalized spacial score (nSPS) is 11.8. The summed E-state index contributed by atoms with van der Waals surface area (Å²) in [6, 6.07) is 3.90. The van der Waals surface area contributed by atoms with Crippen molar-refractivity contribution >= 4 is 45.4 Å². The Labute approximate surface area is 265 Å². The van der Waals surface area contributed by atoms with Gasteiger partial charge in [0, 0.05) is 12.1 Å². The lowest BCUT2D eigenvalue weighted by Crippen LogP contribution is -2.44. The number of hydrogen-bond donors (Lipinski definition) is 4. The number of aromatic nitrogens is 2. The van der Waals surface area contributed by atoms with Crippen LogP contribution in [-0.2, 0) is 32.0 Å². The Morgan fingerprint density at radius 1 is 0.733 bits per heavy atom. The Kier molecular flexibility index (Phi) is 15.1. The van der Waals surface area contributed by atoms with Gasteiger partial charge in [-0.05, 0) is 64.2 Å². The lowest BCUT2D eigenvalue weighted by Gasteiger charge is -2.17. The van der Waals surface area contributed by atoms with Gasteiger partial charge in [0.05, 0.1) is 25.2 Å². The molecule has 0 aliphatic rings. The SMILES string of the molecule is CCCC(NC(=O)Cc1cc(F)cc(F)c1)C(=O)Nc1cnc(Br)cn1.CCCC(NC(=O)Cc1cc(F)cc(F)c1)C(=O)O. The molecule has 0 aliphatic carbocycles. The third-order valence-corrected chi connectivity index (χ3v) is 6.29. The molecule has 1 heterocycles. The molecule has 0 aliphatic heterocycles. The highest BCUT2D eigenvalue weighted by atomic mass is 79.9. The molecule has 0 radical (unpaired) electrons. The molecule has 15 heteroatoms. The first kappa shape index (κ1) is 36.8. The highest BCUT2D eigenvalue weighted by molar-refractivity contribution is 9.10. The molecule has 2 unspecified atom stereocenters. The Balaban J connectivity index is 0.000000330. The Bertz CT molecular complexity index is 1440. The highest BCUT2D eigenvalue weighted by Crippen LogP contribution is 2.11. The minimum Gasteiger partial charge on any atom is -0.480 e. The summed E-state index contributed by atoms with van der Waals surface area (Å²) in [5.41, 5.74) is 0.352. The maximum absolute atomic E-state index is 13.2. The molecule has 3 amide bonds. The quantitative estimate of drug-likeness (QED) is 0.186. The molecule has 10 nitrogen and oxygen atoms in total. The highest BCUT2D eigenvalue weighted by Gasteiger charge is 2.21. The number of carboxylic acid groups (broad SMARTS) is 1. The molecular weight excluding hydrogens is 666 g/mol. The van der Waals surface area contributed by atoms with Crippen LogP contribution in [0.2, 0.25) is 0 Å².